The Morgan fingerprint density at radius 3 is 2.40 bits per heavy atom. The summed E-state index contributed by atoms with van der Waals surface area (Å²) in [5.74, 6) is -0.266. The highest BCUT2D eigenvalue weighted by molar-refractivity contribution is 6.55. The molecule has 1 aliphatic carbocycles. The van der Waals surface area contributed by atoms with Crippen molar-refractivity contribution >= 4 is 34.9 Å². The average molecular weight is 314 g/mol. The second kappa shape index (κ2) is 5.54. The van der Waals surface area contributed by atoms with Crippen molar-refractivity contribution in [2.75, 3.05) is 0 Å². The fourth-order valence-corrected chi connectivity index (χ4v) is 2.60. The van der Waals surface area contributed by atoms with Crippen molar-refractivity contribution in [2.45, 2.75) is 13.8 Å². The van der Waals surface area contributed by atoms with E-state index in [1.807, 2.05) is 13.8 Å². The number of hydrogen-bond donors (Lipinski definition) is 0. The van der Waals surface area contributed by atoms with Crippen molar-refractivity contribution in [1.29, 1.82) is 0 Å². The third-order valence-corrected chi connectivity index (χ3v) is 3.88. The van der Waals surface area contributed by atoms with Gasteiger partial charge < -0.3 is 4.74 Å². The van der Waals surface area contributed by atoms with Gasteiger partial charge in [-0.1, -0.05) is 37.0 Å². The van der Waals surface area contributed by atoms with E-state index in [9.17, 15) is 9.70 Å². The number of hydrogen-bond acceptors (Lipinski definition) is 4. The van der Waals surface area contributed by atoms with E-state index >= 15 is 0 Å². The summed E-state index contributed by atoms with van der Waals surface area (Å²) in [7, 11) is 0. The van der Waals surface area contributed by atoms with Crippen LogP contribution in [0.2, 0.25) is 0 Å². The summed E-state index contributed by atoms with van der Waals surface area (Å²) in [6.45, 7) is 3.91. The molecule has 6 heteroatoms. The molecular weight excluding hydrogens is 301 g/mol. The summed E-state index contributed by atoms with van der Waals surface area (Å²) in [5, 5.41) is 2.78. The molecule has 0 bridgehead atoms. The van der Waals surface area contributed by atoms with Gasteiger partial charge >= 0.3 is 5.97 Å². The van der Waals surface area contributed by atoms with Crippen molar-refractivity contribution in [3.05, 3.63) is 39.7 Å². The largest absolute Gasteiger partial charge is 0.426 e. The zero-order valence-electron chi connectivity index (χ0n) is 11.0. The summed E-state index contributed by atoms with van der Waals surface area (Å²) >= 11 is 11.3. The van der Waals surface area contributed by atoms with Gasteiger partial charge in [-0.25, -0.2) is 0 Å². The van der Waals surface area contributed by atoms with E-state index in [2.05, 4.69) is 5.18 Å². The molecule has 0 N–H and O–H groups in total. The zero-order chi connectivity index (χ0) is 14.9. The standard InChI is InChI=1S/C14H13Cl2NO3/c1-14(2)10(7-11(15)16)12(14)13(18)20-9-5-3-8(17-19)4-6-9/h3-7,10,12H,1-2H3. The van der Waals surface area contributed by atoms with Gasteiger partial charge in [0.15, 0.2) is 0 Å². The van der Waals surface area contributed by atoms with Gasteiger partial charge in [-0.15, -0.1) is 4.91 Å². The summed E-state index contributed by atoms with van der Waals surface area (Å²) in [4.78, 5) is 22.4. The lowest BCUT2D eigenvalue weighted by Crippen LogP contribution is -2.13. The molecule has 1 fully saturated rings. The molecule has 1 aromatic carbocycles. The molecule has 2 unspecified atom stereocenters. The van der Waals surface area contributed by atoms with Crippen LogP contribution in [0.1, 0.15) is 13.8 Å². The molecule has 0 amide bonds. The lowest BCUT2D eigenvalue weighted by molar-refractivity contribution is -0.136. The van der Waals surface area contributed by atoms with Crippen LogP contribution in [0.4, 0.5) is 5.69 Å². The van der Waals surface area contributed by atoms with E-state index < -0.39 is 0 Å². The summed E-state index contributed by atoms with van der Waals surface area (Å²) in [6.07, 6.45) is 1.66. The molecule has 106 valence electrons. The Balaban J connectivity index is 2.05. The van der Waals surface area contributed by atoms with E-state index in [1.54, 1.807) is 6.08 Å². The van der Waals surface area contributed by atoms with Gasteiger partial charge in [0.25, 0.3) is 0 Å². The molecule has 0 aliphatic heterocycles. The number of nitrogens with zero attached hydrogens (tertiary/aromatic N) is 1. The summed E-state index contributed by atoms with van der Waals surface area (Å²) < 4.78 is 5.44. The van der Waals surface area contributed by atoms with Crippen molar-refractivity contribution in [3.63, 3.8) is 0 Å². The van der Waals surface area contributed by atoms with Crippen LogP contribution in [0, 0.1) is 22.2 Å². The van der Waals surface area contributed by atoms with Gasteiger partial charge in [-0.05, 0) is 46.9 Å². The maximum absolute atomic E-state index is 12.1. The predicted molar refractivity (Wildman–Crippen MR) is 78.1 cm³/mol. The van der Waals surface area contributed by atoms with Crippen LogP contribution in [0.15, 0.2) is 40.0 Å². The van der Waals surface area contributed by atoms with Crippen LogP contribution in [-0.2, 0) is 4.79 Å². The number of rotatable bonds is 4. The number of carbonyl (C=O) groups excluding carboxylic acids is 1. The Morgan fingerprint density at radius 2 is 1.90 bits per heavy atom. The van der Waals surface area contributed by atoms with E-state index in [1.165, 1.54) is 24.3 Å². The Bertz CT molecular complexity index is 562. The number of esters is 1. The van der Waals surface area contributed by atoms with Gasteiger partial charge in [-0.2, -0.15) is 0 Å². The molecule has 1 aliphatic rings. The maximum Gasteiger partial charge on any atom is 0.315 e. The van der Waals surface area contributed by atoms with Crippen LogP contribution < -0.4 is 4.74 Å². The number of allylic oxidation sites excluding steroid dienone is 1. The number of nitroso groups, excluding NO2 is 1. The van der Waals surface area contributed by atoms with E-state index in [4.69, 9.17) is 27.9 Å². The van der Waals surface area contributed by atoms with Crippen LogP contribution in [0.5, 0.6) is 5.75 Å². The molecule has 2 atom stereocenters. The SMILES string of the molecule is CC1(C)C(C=C(Cl)Cl)C1C(=O)Oc1ccc(N=O)cc1. The molecule has 20 heavy (non-hydrogen) atoms. The molecule has 4 nitrogen and oxygen atoms in total. The number of ether oxygens (including phenoxy) is 1. The van der Waals surface area contributed by atoms with Crippen LogP contribution in [0.25, 0.3) is 0 Å². The van der Waals surface area contributed by atoms with Crippen molar-refractivity contribution < 1.29 is 9.53 Å². The van der Waals surface area contributed by atoms with Gasteiger partial charge in [0.2, 0.25) is 0 Å². The quantitative estimate of drug-likeness (QED) is 0.464. The molecule has 1 saturated carbocycles. The van der Waals surface area contributed by atoms with Gasteiger partial charge in [-0.3, -0.25) is 4.79 Å². The highest BCUT2D eigenvalue weighted by Gasteiger charge is 2.61. The monoisotopic (exact) mass is 313 g/mol. The normalized spacial score (nSPS) is 22.8. The van der Waals surface area contributed by atoms with Gasteiger partial charge in [0.05, 0.1) is 5.92 Å². The molecule has 0 saturated heterocycles. The molecule has 0 heterocycles. The van der Waals surface area contributed by atoms with Crippen molar-refractivity contribution in [2.24, 2.45) is 22.4 Å². The topological polar surface area (TPSA) is 55.7 Å². The molecule has 2 rings (SSSR count). The van der Waals surface area contributed by atoms with Crippen LogP contribution in [0.3, 0.4) is 0 Å². The predicted octanol–water partition coefficient (Wildman–Crippen LogP) is 4.58. The highest BCUT2D eigenvalue weighted by atomic mass is 35.5. The lowest BCUT2D eigenvalue weighted by Gasteiger charge is -2.04. The third-order valence-electron chi connectivity index (χ3n) is 3.63. The van der Waals surface area contributed by atoms with E-state index in [0.29, 0.717) is 5.75 Å². The van der Waals surface area contributed by atoms with Gasteiger partial charge in [0, 0.05) is 0 Å². The minimum Gasteiger partial charge on any atom is -0.426 e. The smallest absolute Gasteiger partial charge is 0.315 e. The van der Waals surface area contributed by atoms with E-state index in [-0.39, 0.29) is 33.4 Å². The van der Waals surface area contributed by atoms with Crippen molar-refractivity contribution in [3.8, 4) is 5.75 Å². The van der Waals surface area contributed by atoms with E-state index in [0.717, 1.165) is 0 Å². The molecule has 0 spiro atoms. The fraction of sp³-hybridized carbons (Fsp3) is 0.357. The zero-order valence-corrected chi connectivity index (χ0v) is 12.5. The van der Waals surface area contributed by atoms with Crippen LogP contribution in [-0.4, -0.2) is 5.97 Å². The molecule has 0 radical (unpaired) electrons. The second-order valence-electron chi connectivity index (χ2n) is 5.29. The Kier molecular flexibility index (Phi) is 4.16. The van der Waals surface area contributed by atoms with Gasteiger partial charge in [0.1, 0.15) is 15.9 Å². The first-order valence-electron chi connectivity index (χ1n) is 6.04. The third kappa shape index (κ3) is 3.02. The first-order valence-corrected chi connectivity index (χ1v) is 6.80. The summed E-state index contributed by atoms with van der Waals surface area (Å²) in [5.41, 5.74) is 0.0578. The average Bonchev–Trinajstić information content (AvgIpc) is 2.91. The molecule has 1 aromatic rings. The maximum atomic E-state index is 12.1. The second-order valence-corrected chi connectivity index (χ2v) is 6.30. The minimum atomic E-state index is -0.336. The fourth-order valence-electron chi connectivity index (χ4n) is 2.33. The van der Waals surface area contributed by atoms with Crippen molar-refractivity contribution in [1.82, 2.24) is 0 Å². The number of carbonyl (C=O) groups is 1. The minimum absolute atomic E-state index is 0.0316. The number of benzene rings is 1. The lowest BCUT2D eigenvalue weighted by atomic mass is 10.1. The highest BCUT2D eigenvalue weighted by Crippen LogP contribution is 2.60. The molecular formula is C14H13Cl2NO3. The first-order chi connectivity index (χ1) is 9.36. The Morgan fingerprint density at radius 1 is 1.30 bits per heavy atom. The summed E-state index contributed by atoms with van der Waals surface area (Å²) in [6, 6.07) is 6.04. The van der Waals surface area contributed by atoms with Crippen LogP contribution >= 0.6 is 23.2 Å². The number of halogens is 2. The Labute approximate surface area is 126 Å². The Hall–Kier alpha value is -1.39. The first kappa shape index (κ1) is 15.0. The molecule has 0 aromatic heterocycles.